The second-order valence-corrected chi connectivity index (χ2v) is 9.45. The van der Waals surface area contributed by atoms with E-state index in [9.17, 15) is 9.59 Å². The lowest BCUT2D eigenvalue weighted by Gasteiger charge is -2.60. The van der Waals surface area contributed by atoms with Gasteiger partial charge in [-0.25, -0.2) is 0 Å². The van der Waals surface area contributed by atoms with Gasteiger partial charge in [0.15, 0.2) is 5.78 Å². The van der Waals surface area contributed by atoms with Gasteiger partial charge in [-0.05, 0) is 43.4 Å². The van der Waals surface area contributed by atoms with Gasteiger partial charge in [0.1, 0.15) is 12.4 Å². The third-order valence-electron chi connectivity index (χ3n) is 8.45. The fourth-order valence-electron chi connectivity index (χ4n) is 7.02. The standard InChI is InChI=1S/C23H32O4/c1-22-10-9-18-16(17(22)7-8-19(22)20(25)13-26-3)6-5-14-11-15(24)12-21(27-4)23(14,18)2/h7-8,14,16,18,21H,5-6,9-13H2,1-4H3/t14?,16-,18-,21?,22-,23-/m0/s1. The zero-order chi connectivity index (χ0) is 19.4. The molecule has 27 heavy (non-hydrogen) atoms. The summed E-state index contributed by atoms with van der Waals surface area (Å²) < 4.78 is 11.0. The summed E-state index contributed by atoms with van der Waals surface area (Å²) in [6.45, 7) is 4.77. The zero-order valence-electron chi connectivity index (χ0n) is 17.0. The lowest BCUT2D eigenvalue weighted by Crippen LogP contribution is -2.57. The normalized spacial score (nSPS) is 43.3. The summed E-state index contributed by atoms with van der Waals surface area (Å²) in [7, 11) is 3.35. The molecule has 0 aromatic heterocycles. The predicted octanol–water partition coefficient (Wildman–Crippen LogP) is 3.90. The van der Waals surface area contributed by atoms with Crippen molar-refractivity contribution in [1.82, 2.24) is 0 Å². The average molecular weight is 373 g/mol. The lowest BCUT2D eigenvalue weighted by molar-refractivity contribution is -0.160. The van der Waals surface area contributed by atoms with Crippen molar-refractivity contribution in [2.75, 3.05) is 20.8 Å². The van der Waals surface area contributed by atoms with Crippen LogP contribution >= 0.6 is 0 Å². The molecule has 6 atom stereocenters. The van der Waals surface area contributed by atoms with Crippen LogP contribution < -0.4 is 0 Å². The first-order chi connectivity index (χ1) is 12.9. The maximum absolute atomic E-state index is 12.6. The van der Waals surface area contributed by atoms with E-state index in [1.165, 1.54) is 5.57 Å². The Balaban J connectivity index is 1.65. The SMILES string of the molecule is COCC(=O)C1=CC=C2[C@@H]3CCC4CC(=O)CC(OC)[C@]4(C)[C@H]3CC[C@]12C. The molecule has 148 valence electrons. The summed E-state index contributed by atoms with van der Waals surface area (Å²) in [6, 6.07) is 0. The maximum atomic E-state index is 12.6. The van der Waals surface area contributed by atoms with E-state index in [2.05, 4.69) is 19.9 Å². The Morgan fingerprint density at radius 2 is 1.93 bits per heavy atom. The maximum Gasteiger partial charge on any atom is 0.185 e. The first-order valence-corrected chi connectivity index (χ1v) is 10.4. The number of hydrogen-bond donors (Lipinski definition) is 0. The van der Waals surface area contributed by atoms with Crippen molar-refractivity contribution in [3.8, 4) is 0 Å². The largest absolute Gasteiger partial charge is 0.380 e. The van der Waals surface area contributed by atoms with E-state index in [4.69, 9.17) is 9.47 Å². The fourth-order valence-corrected chi connectivity index (χ4v) is 7.02. The summed E-state index contributed by atoms with van der Waals surface area (Å²) in [5, 5.41) is 0. The number of carbonyl (C=O) groups excluding carboxylic acids is 2. The van der Waals surface area contributed by atoms with E-state index in [0.717, 1.165) is 31.3 Å². The highest BCUT2D eigenvalue weighted by molar-refractivity contribution is 5.99. The van der Waals surface area contributed by atoms with Crippen LogP contribution in [0.2, 0.25) is 0 Å². The monoisotopic (exact) mass is 372 g/mol. The molecule has 2 unspecified atom stereocenters. The molecule has 0 N–H and O–H groups in total. The van der Waals surface area contributed by atoms with Crippen molar-refractivity contribution in [1.29, 1.82) is 0 Å². The van der Waals surface area contributed by atoms with E-state index >= 15 is 0 Å². The number of rotatable bonds is 4. The first-order valence-electron chi connectivity index (χ1n) is 10.4. The summed E-state index contributed by atoms with van der Waals surface area (Å²) in [6.07, 6.45) is 9.85. The Labute approximate surface area is 162 Å². The van der Waals surface area contributed by atoms with Crippen LogP contribution in [0.5, 0.6) is 0 Å². The van der Waals surface area contributed by atoms with Crippen molar-refractivity contribution < 1.29 is 19.1 Å². The van der Waals surface area contributed by atoms with Gasteiger partial charge in [-0.1, -0.05) is 31.6 Å². The molecule has 0 aromatic rings. The van der Waals surface area contributed by atoms with Crippen LogP contribution in [0, 0.1) is 28.6 Å². The van der Waals surface area contributed by atoms with Gasteiger partial charge in [0, 0.05) is 43.5 Å². The van der Waals surface area contributed by atoms with Crippen molar-refractivity contribution >= 4 is 11.6 Å². The van der Waals surface area contributed by atoms with Crippen LogP contribution in [0.15, 0.2) is 23.3 Å². The molecular formula is C23H32O4. The van der Waals surface area contributed by atoms with Crippen LogP contribution in [-0.2, 0) is 19.1 Å². The van der Waals surface area contributed by atoms with Crippen molar-refractivity contribution in [2.24, 2.45) is 28.6 Å². The molecule has 4 aliphatic rings. The van der Waals surface area contributed by atoms with Gasteiger partial charge in [0.05, 0.1) is 6.10 Å². The third kappa shape index (κ3) is 2.63. The minimum absolute atomic E-state index is 0.0189. The molecule has 4 heteroatoms. The highest BCUT2D eigenvalue weighted by atomic mass is 16.5. The molecule has 3 saturated carbocycles. The Hall–Kier alpha value is -1.26. The number of ether oxygens (including phenoxy) is 2. The van der Waals surface area contributed by atoms with E-state index < -0.39 is 0 Å². The predicted molar refractivity (Wildman–Crippen MR) is 103 cm³/mol. The second-order valence-electron chi connectivity index (χ2n) is 9.45. The number of hydrogen-bond acceptors (Lipinski definition) is 4. The minimum atomic E-state index is -0.146. The van der Waals surface area contributed by atoms with Crippen LogP contribution in [0.4, 0.5) is 0 Å². The van der Waals surface area contributed by atoms with Crippen LogP contribution in [-0.4, -0.2) is 38.5 Å². The summed E-state index contributed by atoms with van der Waals surface area (Å²) in [5.74, 6) is 1.91. The number of ketones is 2. The smallest absolute Gasteiger partial charge is 0.185 e. The van der Waals surface area contributed by atoms with E-state index in [1.807, 2.05) is 6.08 Å². The summed E-state index contributed by atoms with van der Waals surface area (Å²) in [4.78, 5) is 24.9. The number of carbonyl (C=O) groups is 2. The number of methoxy groups -OCH3 is 2. The molecule has 0 spiro atoms. The fraction of sp³-hybridized carbons (Fsp3) is 0.739. The van der Waals surface area contributed by atoms with Crippen molar-refractivity contribution in [3.05, 3.63) is 23.3 Å². The molecule has 0 aliphatic heterocycles. The van der Waals surface area contributed by atoms with E-state index in [-0.39, 0.29) is 29.3 Å². The van der Waals surface area contributed by atoms with Crippen molar-refractivity contribution in [2.45, 2.75) is 58.5 Å². The van der Waals surface area contributed by atoms with Gasteiger partial charge >= 0.3 is 0 Å². The quantitative estimate of drug-likeness (QED) is 0.751. The van der Waals surface area contributed by atoms with Gasteiger partial charge in [-0.15, -0.1) is 0 Å². The van der Waals surface area contributed by atoms with E-state index in [0.29, 0.717) is 36.4 Å². The Morgan fingerprint density at radius 3 is 2.63 bits per heavy atom. The van der Waals surface area contributed by atoms with Crippen molar-refractivity contribution in [3.63, 3.8) is 0 Å². The molecule has 4 nitrogen and oxygen atoms in total. The topological polar surface area (TPSA) is 52.6 Å². The Bertz CT molecular complexity index is 708. The first kappa shape index (κ1) is 19.1. The zero-order valence-corrected chi connectivity index (χ0v) is 17.0. The van der Waals surface area contributed by atoms with Crippen LogP contribution in [0.1, 0.15) is 52.4 Å². The Kier molecular flexibility index (Phi) is 4.71. The third-order valence-corrected chi connectivity index (χ3v) is 8.45. The van der Waals surface area contributed by atoms with Gasteiger partial charge in [0.25, 0.3) is 0 Å². The average Bonchev–Trinajstić information content (AvgIpc) is 2.99. The summed E-state index contributed by atoms with van der Waals surface area (Å²) >= 11 is 0. The Morgan fingerprint density at radius 1 is 1.15 bits per heavy atom. The number of Topliss-reactive ketones (excluding diaryl/α,β-unsaturated/α-hetero) is 2. The molecular weight excluding hydrogens is 340 g/mol. The minimum Gasteiger partial charge on any atom is -0.380 e. The molecule has 3 fully saturated rings. The van der Waals surface area contributed by atoms with Gasteiger partial charge in [-0.2, -0.15) is 0 Å². The molecule has 0 aromatic carbocycles. The summed E-state index contributed by atoms with van der Waals surface area (Å²) in [5.41, 5.74) is 2.26. The molecule has 0 bridgehead atoms. The van der Waals surface area contributed by atoms with Gasteiger partial charge in [0.2, 0.25) is 0 Å². The van der Waals surface area contributed by atoms with Crippen LogP contribution in [0.25, 0.3) is 0 Å². The molecule has 4 rings (SSSR count). The molecule has 0 radical (unpaired) electrons. The van der Waals surface area contributed by atoms with E-state index in [1.54, 1.807) is 14.2 Å². The molecule has 0 heterocycles. The molecule has 0 saturated heterocycles. The highest BCUT2D eigenvalue weighted by Crippen LogP contribution is 2.65. The molecule has 4 aliphatic carbocycles. The van der Waals surface area contributed by atoms with Gasteiger partial charge in [-0.3, -0.25) is 9.59 Å². The second kappa shape index (κ2) is 6.66. The van der Waals surface area contributed by atoms with Gasteiger partial charge < -0.3 is 9.47 Å². The lowest BCUT2D eigenvalue weighted by atomic mass is 9.45. The van der Waals surface area contributed by atoms with Crippen LogP contribution in [0.3, 0.4) is 0 Å². The number of allylic oxidation sites excluding steroid dienone is 3. The molecule has 0 amide bonds. The highest BCUT2D eigenvalue weighted by Gasteiger charge is 2.60. The number of fused-ring (bicyclic) bond motifs is 5.